The maximum atomic E-state index is 12.2. The monoisotopic (exact) mass is 360 g/mol. The van der Waals surface area contributed by atoms with E-state index < -0.39 is 23.6 Å². The van der Waals surface area contributed by atoms with Crippen LogP contribution in [-0.4, -0.2) is 33.9 Å². The van der Waals surface area contributed by atoms with Gasteiger partial charge in [0.15, 0.2) is 0 Å². The van der Waals surface area contributed by atoms with E-state index in [1.54, 1.807) is 13.8 Å². The quantitative estimate of drug-likeness (QED) is 0.476. The molecule has 6 nitrogen and oxygen atoms in total. The minimum atomic E-state index is -1.09. The lowest BCUT2D eigenvalue weighted by atomic mass is 9.82. The van der Waals surface area contributed by atoms with Gasteiger partial charge in [-0.2, -0.15) is 0 Å². The number of aliphatic hydroxyl groups is 2. The Morgan fingerprint density at radius 3 is 2.00 bits per heavy atom. The topological polar surface area (TPSA) is 93.1 Å². The van der Waals surface area contributed by atoms with Crippen molar-refractivity contribution in [1.29, 1.82) is 0 Å². The Morgan fingerprint density at radius 2 is 1.54 bits per heavy atom. The van der Waals surface area contributed by atoms with Crippen LogP contribution in [0.3, 0.4) is 0 Å². The van der Waals surface area contributed by atoms with E-state index in [9.17, 15) is 19.8 Å². The molecule has 0 spiro atoms. The number of esters is 2. The second kappa shape index (κ2) is 8.29. The largest absolute Gasteiger partial charge is 0.423 e. The molecule has 0 aliphatic heterocycles. The van der Waals surface area contributed by atoms with E-state index in [-0.39, 0.29) is 5.57 Å². The van der Waals surface area contributed by atoms with Gasteiger partial charge in [-0.1, -0.05) is 6.58 Å². The Morgan fingerprint density at radius 1 is 1.08 bits per heavy atom. The lowest BCUT2D eigenvalue weighted by Gasteiger charge is -2.32. The van der Waals surface area contributed by atoms with Crippen molar-refractivity contribution < 1.29 is 29.3 Å². The molecule has 0 radical (unpaired) electrons. The number of aliphatic hydroxyl groups excluding tert-OH is 1. The van der Waals surface area contributed by atoms with Gasteiger partial charge in [0.25, 0.3) is 0 Å². The number of carbonyl (C=O) groups is 2. The molecule has 0 aromatic heterocycles. The van der Waals surface area contributed by atoms with Gasteiger partial charge in [0.05, 0.1) is 11.7 Å². The van der Waals surface area contributed by atoms with E-state index in [1.165, 1.54) is 30.3 Å². The molecule has 1 saturated carbocycles. The van der Waals surface area contributed by atoms with Crippen molar-refractivity contribution in [3.8, 4) is 11.5 Å². The first-order valence-electron chi connectivity index (χ1n) is 8.48. The Kier molecular flexibility index (Phi) is 6.34. The zero-order valence-corrected chi connectivity index (χ0v) is 15.0. The fraction of sp³-hybridized carbons (Fsp3) is 0.400. The summed E-state index contributed by atoms with van der Waals surface area (Å²) in [5, 5.41) is 20.0. The summed E-state index contributed by atoms with van der Waals surface area (Å²) in [7, 11) is 0. The summed E-state index contributed by atoms with van der Waals surface area (Å²) in [6, 6.07) is 6.05. The van der Waals surface area contributed by atoms with E-state index in [1.807, 2.05) is 0 Å². The van der Waals surface area contributed by atoms with E-state index in [0.29, 0.717) is 42.8 Å². The van der Waals surface area contributed by atoms with Gasteiger partial charge in [-0.05, 0) is 69.9 Å². The standard InChI is InChI=1S/C20H24O6/c1-13(2)18(22)25-16-4-6-17(7-5-16)26-19(23)14(3)12-20(24)10-8-15(21)9-11-20/h4-7,12,15,21,24H,1,8-11H2,2-3H3. The molecule has 26 heavy (non-hydrogen) atoms. The minimum Gasteiger partial charge on any atom is -0.423 e. The lowest BCUT2D eigenvalue weighted by Crippen LogP contribution is -2.34. The molecular weight excluding hydrogens is 336 g/mol. The molecule has 0 heterocycles. The Hall–Kier alpha value is -2.44. The molecule has 2 N–H and O–H groups in total. The van der Waals surface area contributed by atoms with Crippen molar-refractivity contribution in [3.05, 3.63) is 48.1 Å². The van der Waals surface area contributed by atoms with E-state index in [2.05, 4.69) is 6.58 Å². The van der Waals surface area contributed by atoms with Crippen LogP contribution >= 0.6 is 0 Å². The van der Waals surface area contributed by atoms with Gasteiger partial charge in [0, 0.05) is 11.1 Å². The first kappa shape index (κ1) is 19.9. The van der Waals surface area contributed by atoms with Crippen LogP contribution in [0.2, 0.25) is 0 Å². The summed E-state index contributed by atoms with van der Waals surface area (Å²) in [5.74, 6) is -0.486. The predicted molar refractivity (Wildman–Crippen MR) is 95.7 cm³/mol. The number of hydrogen-bond acceptors (Lipinski definition) is 6. The van der Waals surface area contributed by atoms with Crippen LogP contribution in [0.4, 0.5) is 0 Å². The lowest BCUT2D eigenvalue weighted by molar-refractivity contribution is -0.131. The van der Waals surface area contributed by atoms with Gasteiger partial charge in [0.1, 0.15) is 11.5 Å². The Labute approximate surface area is 152 Å². The van der Waals surface area contributed by atoms with Crippen LogP contribution in [0.15, 0.2) is 48.1 Å². The fourth-order valence-corrected chi connectivity index (χ4v) is 2.67. The smallest absolute Gasteiger partial charge is 0.338 e. The molecule has 1 aliphatic rings. The summed E-state index contributed by atoms with van der Waals surface area (Å²) >= 11 is 0. The second-order valence-corrected chi connectivity index (χ2v) is 6.69. The van der Waals surface area contributed by atoms with Gasteiger partial charge in [-0.25, -0.2) is 9.59 Å². The van der Waals surface area contributed by atoms with Crippen LogP contribution in [0, 0.1) is 0 Å². The highest BCUT2D eigenvalue weighted by molar-refractivity contribution is 5.90. The third-order valence-electron chi connectivity index (χ3n) is 4.22. The molecule has 0 atom stereocenters. The number of benzene rings is 1. The van der Waals surface area contributed by atoms with Gasteiger partial charge in [-0.15, -0.1) is 0 Å². The first-order valence-corrected chi connectivity index (χ1v) is 8.48. The summed E-state index contributed by atoms with van der Waals surface area (Å²) in [4.78, 5) is 23.6. The average molecular weight is 360 g/mol. The highest BCUT2D eigenvalue weighted by Crippen LogP contribution is 2.30. The summed E-state index contributed by atoms with van der Waals surface area (Å²) in [6.45, 7) is 6.63. The first-order chi connectivity index (χ1) is 12.2. The molecule has 0 bridgehead atoms. The Bertz CT molecular complexity index is 708. The Balaban J connectivity index is 1.97. The van der Waals surface area contributed by atoms with E-state index >= 15 is 0 Å². The zero-order chi connectivity index (χ0) is 19.3. The molecule has 0 saturated heterocycles. The van der Waals surface area contributed by atoms with Crippen molar-refractivity contribution in [2.24, 2.45) is 0 Å². The van der Waals surface area contributed by atoms with Crippen LogP contribution in [0.1, 0.15) is 39.5 Å². The van der Waals surface area contributed by atoms with Gasteiger partial charge >= 0.3 is 11.9 Å². The van der Waals surface area contributed by atoms with Crippen LogP contribution in [-0.2, 0) is 9.59 Å². The molecule has 1 aliphatic carbocycles. The van der Waals surface area contributed by atoms with Gasteiger partial charge in [-0.3, -0.25) is 0 Å². The third-order valence-corrected chi connectivity index (χ3v) is 4.22. The second-order valence-electron chi connectivity index (χ2n) is 6.69. The molecule has 2 rings (SSSR count). The van der Waals surface area contributed by atoms with Crippen molar-refractivity contribution >= 4 is 11.9 Å². The number of rotatable bonds is 5. The summed E-state index contributed by atoms with van der Waals surface area (Å²) in [6.07, 6.45) is 2.92. The van der Waals surface area contributed by atoms with Crippen LogP contribution in [0.5, 0.6) is 11.5 Å². The highest BCUT2D eigenvalue weighted by Gasteiger charge is 2.31. The number of hydrogen-bond donors (Lipinski definition) is 2. The van der Waals surface area contributed by atoms with Crippen molar-refractivity contribution in [2.75, 3.05) is 0 Å². The molecular formula is C20H24O6. The maximum Gasteiger partial charge on any atom is 0.338 e. The molecule has 0 unspecified atom stereocenters. The number of carbonyl (C=O) groups excluding carboxylic acids is 2. The van der Waals surface area contributed by atoms with Crippen LogP contribution < -0.4 is 9.47 Å². The normalized spacial score (nSPS) is 23.2. The van der Waals surface area contributed by atoms with Crippen molar-refractivity contribution in [1.82, 2.24) is 0 Å². The maximum absolute atomic E-state index is 12.2. The third kappa shape index (κ3) is 5.54. The van der Waals surface area contributed by atoms with Gasteiger partial charge < -0.3 is 19.7 Å². The van der Waals surface area contributed by atoms with Crippen molar-refractivity contribution in [3.63, 3.8) is 0 Å². The highest BCUT2D eigenvalue weighted by atomic mass is 16.5. The van der Waals surface area contributed by atoms with E-state index in [4.69, 9.17) is 9.47 Å². The summed E-state index contributed by atoms with van der Waals surface area (Å²) < 4.78 is 10.3. The molecule has 1 aromatic rings. The predicted octanol–water partition coefficient (Wildman–Crippen LogP) is 2.69. The molecule has 140 valence electrons. The molecule has 1 fully saturated rings. The molecule has 1 aromatic carbocycles. The summed E-state index contributed by atoms with van der Waals surface area (Å²) in [5.41, 5.74) is -0.515. The van der Waals surface area contributed by atoms with E-state index in [0.717, 1.165) is 0 Å². The SMILES string of the molecule is C=C(C)C(=O)Oc1ccc(OC(=O)C(C)=CC2(O)CCC(O)CC2)cc1. The fourth-order valence-electron chi connectivity index (χ4n) is 2.67. The van der Waals surface area contributed by atoms with Gasteiger partial charge in [0.2, 0.25) is 0 Å². The van der Waals surface area contributed by atoms with Crippen LogP contribution in [0.25, 0.3) is 0 Å². The average Bonchev–Trinajstić information content (AvgIpc) is 2.59. The minimum absolute atomic E-state index is 0.287. The number of ether oxygens (including phenoxy) is 2. The molecule has 0 amide bonds. The zero-order valence-electron chi connectivity index (χ0n) is 15.0. The molecule has 6 heteroatoms. The van der Waals surface area contributed by atoms with Crippen molar-refractivity contribution in [2.45, 2.75) is 51.2 Å².